The second-order valence-corrected chi connectivity index (χ2v) is 6.66. The van der Waals surface area contributed by atoms with Crippen molar-refractivity contribution in [2.24, 2.45) is 0 Å². The summed E-state index contributed by atoms with van der Waals surface area (Å²) in [5.74, 6) is 0.754. The van der Waals surface area contributed by atoms with Crippen LogP contribution in [0.1, 0.15) is 5.82 Å². The van der Waals surface area contributed by atoms with E-state index in [2.05, 4.69) is 9.97 Å². The molecule has 0 atom stereocenters. The van der Waals surface area contributed by atoms with Crippen molar-refractivity contribution in [1.29, 1.82) is 0 Å². The zero-order valence-corrected chi connectivity index (χ0v) is 11.5. The Morgan fingerprint density at radius 1 is 1.37 bits per heavy atom. The molecule has 2 aromatic rings. The highest BCUT2D eigenvalue weighted by Crippen LogP contribution is 2.15. The predicted molar refractivity (Wildman–Crippen MR) is 74.7 cm³/mol. The molecule has 2 rings (SSSR count). The van der Waals surface area contributed by atoms with Crippen LogP contribution < -0.4 is 5.73 Å². The average molecular weight is 283 g/mol. The molecule has 104 valence electrons. The number of H-pyrrole nitrogens is 1. The summed E-state index contributed by atoms with van der Waals surface area (Å²) in [5, 5.41) is 0. The van der Waals surface area contributed by atoms with Crippen LogP contribution in [0.4, 0.5) is 5.69 Å². The molecule has 0 radical (unpaired) electrons. The van der Waals surface area contributed by atoms with Crippen molar-refractivity contribution in [3.05, 3.63) is 24.0 Å². The zero-order valence-electron chi connectivity index (χ0n) is 10.7. The fourth-order valence-corrected chi connectivity index (χ4v) is 2.89. The maximum Gasteiger partial charge on any atom is 0.153 e. The van der Waals surface area contributed by atoms with Gasteiger partial charge in [0.1, 0.15) is 5.82 Å². The number of nitrogens with one attached hydrogen (secondary N) is 1. The van der Waals surface area contributed by atoms with Crippen LogP contribution in [0.15, 0.2) is 18.2 Å². The number of nitrogen functional groups attached to an aromatic ring is 1. The fourth-order valence-electron chi connectivity index (χ4n) is 1.76. The third kappa shape index (κ3) is 3.68. The van der Waals surface area contributed by atoms with Crippen LogP contribution in [0.25, 0.3) is 11.0 Å². The number of benzene rings is 1. The van der Waals surface area contributed by atoms with E-state index in [1.165, 1.54) is 7.11 Å². The van der Waals surface area contributed by atoms with E-state index in [-0.39, 0.29) is 18.1 Å². The van der Waals surface area contributed by atoms with E-state index < -0.39 is 9.84 Å². The third-order valence-corrected chi connectivity index (χ3v) is 4.42. The summed E-state index contributed by atoms with van der Waals surface area (Å²) in [7, 11) is -1.61. The van der Waals surface area contributed by atoms with Gasteiger partial charge >= 0.3 is 0 Å². The largest absolute Gasteiger partial charge is 0.399 e. The first-order chi connectivity index (χ1) is 9.00. The number of aromatic nitrogens is 2. The van der Waals surface area contributed by atoms with Gasteiger partial charge in [-0.05, 0) is 18.2 Å². The molecule has 0 saturated heterocycles. The first kappa shape index (κ1) is 13.8. The zero-order chi connectivity index (χ0) is 13.9. The molecule has 19 heavy (non-hydrogen) atoms. The number of anilines is 1. The average Bonchev–Trinajstić information content (AvgIpc) is 2.76. The summed E-state index contributed by atoms with van der Waals surface area (Å²) in [6.45, 7) is 0.221. The number of hydrogen-bond donors (Lipinski definition) is 2. The maximum absolute atomic E-state index is 11.7. The van der Waals surface area contributed by atoms with Crippen molar-refractivity contribution in [2.75, 3.05) is 31.0 Å². The first-order valence-electron chi connectivity index (χ1n) is 5.94. The summed E-state index contributed by atoms with van der Waals surface area (Å²) in [5.41, 5.74) is 7.94. The van der Waals surface area contributed by atoms with Gasteiger partial charge in [0.05, 0.1) is 29.1 Å². The smallest absolute Gasteiger partial charge is 0.153 e. The SMILES string of the molecule is COCCS(=O)(=O)CCc1nc2ccc(N)cc2[nH]1. The summed E-state index contributed by atoms with van der Waals surface area (Å²) >= 11 is 0. The number of ether oxygens (including phenoxy) is 1. The van der Waals surface area contributed by atoms with Crippen molar-refractivity contribution in [3.63, 3.8) is 0 Å². The molecule has 0 amide bonds. The normalized spacial score (nSPS) is 12.1. The highest BCUT2D eigenvalue weighted by molar-refractivity contribution is 7.91. The van der Waals surface area contributed by atoms with E-state index in [0.29, 0.717) is 17.9 Å². The fraction of sp³-hybridized carbons (Fsp3) is 0.417. The van der Waals surface area contributed by atoms with Gasteiger partial charge in [0, 0.05) is 19.2 Å². The number of nitrogens with zero attached hydrogens (tertiary/aromatic N) is 1. The maximum atomic E-state index is 11.7. The predicted octanol–water partition coefficient (Wildman–Crippen LogP) is 0.749. The Morgan fingerprint density at radius 3 is 2.89 bits per heavy atom. The lowest BCUT2D eigenvalue weighted by Gasteiger charge is -2.01. The molecule has 0 bridgehead atoms. The molecule has 0 fully saturated rings. The third-order valence-electron chi connectivity index (χ3n) is 2.80. The minimum atomic E-state index is -3.10. The van der Waals surface area contributed by atoms with Crippen LogP contribution in [0, 0.1) is 0 Å². The first-order valence-corrected chi connectivity index (χ1v) is 7.76. The Hall–Kier alpha value is -1.60. The Kier molecular flexibility index (Phi) is 4.06. The summed E-state index contributed by atoms with van der Waals surface area (Å²) < 4.78 is 28.2. The lowest BCUT2D eigenvalue weighted by molar-refractivity contribution is 0.217. The Labute approximate surface area is 111 Å². The van der Waals surface area contributed by atoms with Crippen molar-refractivity contribution >= 4 is 26.6 Å². The van der Waals surface area contributed by atoms with Gasteiger partial charge in [-0.3, -0.25) is 0 Å². The number of aryl methyl sites for hydroxylation is 1. The second-order valence-electron chi connectivity index (χ2n) is 4.35. The van der Waals surface area contributed by atoms with E-state index in [4.69, 9.17) is 10.5 Å². The van der Waals surface area contributed by atoms with Crippen LogP contribution >= 0.6 is 0 Å². The van der Waals surface area contributed by atoms with Crippen LogP contribution in [-0.2, 0) is 21.0 Å². The van der Waals surface area contributed by atoms with E-state index in [1.54, 1.807) is 12.1 Å². The van der Waals surface area contributed by atoms with Gasteiger partial charge in [0.25, 0.3) is 0 Å². The molecule has 1 aromatic carbocycles. The number of imidazole rings is 1. The number of nitrogens with two attached hydrogens (primary N) is 1. The minimum absolute atomic E-state index is 0.0384. The number of hydrogen-bond acceptors (Lipinski definition) is 5. The van der Waals surface area contributed by atoms with Crippen molar-refractivity contribution in [3.8, 4) is 0 Å². The van der Waals surface area contributed by atoms with Crippen LogP contribution in [0.2, 0.25) is 0 Å². The lowest BCUT2D eigenvalue weighted by Crippen LogP contribution is -2.16. The molecular formula is C12H17N3O3S. The van der Waals surface area contributed by atoms with E-state index in [0.717, 1.165) is 11.0 Å². The lowest BCUT2D eigenvalue weighted by atomic mass is 10.3. The summed E-state index contributed by atoms with van der Waals surface area (Å²) in [4.78, 5) is 7.41. The summed E-state index contributed by atoms with van der Waals surface area (Å²) in [6, 6.07) is 5.36. The topological polar surface area (TPSA) is 98.1 Å². The standard InChI is InChI=1S/C12H17N3O3S/c1-18-5-7-19(16,17)6-4-12-14-10-3-2-9(13)8-11(10)15-12/h2-3,8H,4-7,13H2,1H3,(H,14,15). The summed E-state index contributed by atoms with van der Waals surface area (Å²) in [6.07, 6.45) is 0.362. The molecule has 0 saturated carbocycles. The van der Waals surface area contributed by atoms with Crippen LogP contribution in [0.5, 0.6) is 0 Å². The van der Waals surface area contributed by atoms with Gasteiger partial charge in [0.2, 0.25) is 0 Å². The van der Waals surface area contributed by atoms with E-state index in [9.17, 15) is 8.42 Å². The molecule has 0 aliphatic heterocycles. The van der Waals surface area contributed by atoms with Crippen LogP contribution in [0.3, 0.4) is 0 Å². The minimum Gasteiger partial charge on any atom is -0.399 e. The molecule has 1 heterocycles. The highest BCUT2D eigenvalue weighted by atomic mass is 32.2. The monoisotopic (exact) mass is 283 g/mol. The van der Waals surface area contributed by atoms with Crippen LogP contribution in [-0.4, -0.2) is 43.6 Å². The Morgan fingerprint density at radius 2 is 2.16 bits per heavy atom. The van der Waals surface area contributed by atoms with Crippen molar-refractivity contribution in [2.45, 2.75) is 6.42 Å². The van der Waals surface area contributed by atoms with E-state index >= 15 is 0 Å². The van der Waals surface area contributed by atoms with Gasteiger partial charge in [0.15, 0.2) is 9.84 Å². The Bertz CT molecular complexity index is 664. The number of fused-ring (bicyclic) bond motifs is 1. The van der Waals surface area contributed by atoms with Gasteiger partial charge in [-0.2, -0.15) is 0 Å². The number of rotatable bonds is 6. The van der Waals surface area contributed by atoms with Gasteiger partial charge in [-0.25, -0.2) is 13.4 Å². The molecule has 6 nitrogen and oxygen atoms in total. The molecule has 0 unspecified atom stereocenters. The number of methoxy groups -OCH3 is 1. The highest BCUT2D eigenvalue weighted by Gasteiger charge is 2.12. The second kappa shape index (κ2) is 5.58. The van der Waals surface area contributed by atoms with Crippen molar-refractivity contribution in [1.82, 2.24) is 9.97 Å². The van der Waals surface area contributed by atoms with Gasteiger partial charge in [-0.1, -0.05) is 0 Å². The van der Waals surface area contributed by atoms with Gasteiger partial charge < -0.3 is 15.5 Å². The molecule has 7 heteroatoms. The van der Waals surface area contributed by atoms with E-state index in [1.807, 2.05) is 6.07 Å². The molecule has 0 aliphatic rings. The number of sulfone groups is 1. The molecule has 3 N–H and O–H groups in total. The van der Waals surface area contributed by atoms with Gasteiger partial charge in [-0.15, -0.1) is 0 Å². The molecule has 1 aromatic heterocycles. The number of aromatic amines is 1. The molecule has 0 aliphatic carbocycles. The molecule has 0 spiro atoms. The quantitative estimate of drug-likeness (QED) is 0.762. The molecular weight excluding hydrogens is 266 g/mol. The van der Waals surface area contributed by atoms with Crippen molar-refractivity contribution < 1.29 is 13.2 Å². The Balaban J connectivity index is 2.05.